The molecule has 2 nitrogen and oxygen atoms in total. The van der Waals surface area contributed by atoms with E-state index in [4.69, 9.17) is 22.1 Å². The molecule has 2 N–H and O–H groups in total. The molecule has 0 unspecified atom stereocenters. The molecule has 0 aliphatic rings. The maximum atomic E-state index is 6.19. The molecule has 18 heavy (non-hydrogen) atoms. The predicted molar refractivity (Wildman–Crippen MR) is 75.5 cm³/mol. The Balaban J connectivity index is 2.19. The maximum Gasteiger partial charge on any atom is 0.146 e. The average Bonchev–Trinajstić information content (AvgIpc) is 2.33. The Kier molecular flexibility index (Phi) is 4.24. The molecule has 3 heteroatoms. The van der Waals surface area contributed by atoms with Gasteiger partial charge in [-0.05, 0) is 55.3 Å². The fourth-order valence-electron chi connectivity index (χ4n) is 1.76. The summed E-state index contributed by atoms with van der Waals surface area (Å²) in [6, 6.07) is 13.7. The zero-order chi connectivity index (χ0) is 13.0. The molecule has 0 radical (unpaired) electrons. The summed E-state index contributed by atoms with van der Waals surface area (Å²) in [6.07, 6.45) is 0.824. The van der Waals surface area contributed by atoms with Crippen molar-refractivity contribution in [2.45, 2.75) is 13.3 Å². The summed E-state index contributed by atoms with van der Waals surface area (Å²) in [4.78, 5) is 0. The van der Waals surface area contributed by atoms with Crippen LogP contribution >= 0.6 is 11.6 Å². The van der Waals surface area contributed by atoms with Crippen LogP contribution in [-0.2, 0) is 6.42 Å². The third kappa shape index (κ3) is 3.25. The van der Waals surface area contributed by atoms with Crippen molar-refractivity contribution >= 4 is 11.6 Å². The van der Waals surface area contributed by atoms with Gasteiger partial charge in [0.2, 0.25) is 0 Å². The normalized spacial score (nSPS) is 10.4. The van der Waals surface area contributed by atoms with Gasteiger partial charge in [0.25, 0.3) is 0 Å². The lowest BCUT2D eigenvalue weighted by Crippen LogP contribution is -2.02. The van der Waals surface area contributed by atoms with E-state index in [-0.39, 0.29) is 0 Å². The van der Waals surface area contributed by atoms with Gasteiger partial charge in [-0.1, -0.05) is 29.8 Å². The standard InChI is InChI=1S/C15H16ClNO/c1-11-3-2-4-13(9-11)18-15-6-5-12(7-8-17)10-14(15)16/h2-6,9-10H,7-8,17H2,1H3. The molecule has 0 aromatic heterocycles. The SMILES string of the molecule is Cc1cccc(Oc2ccc(CCN)cc2Cl)c1. The van der Waals surface area contributed by atoms with Gasteiger partial charge in [-0.2, -0.15) is 0 Å². The van der Waals surface area contributed by atoms with Crippen molar-refractivity contribution < 1.29 is 4.74 Å². The van der Waals surface area contributed by atoms with Crippen LogP contribution in [0.5, 0.6) is 11.5 Å². The fraction of sp³-hybridized carbons (Fsp3) is 0.200. The molecule has 0 atom stereocenters. The molecule has 0 heterocycles. The van der Waals surface area contributed by atoms with Crippen molar-refractivity contribution in [1.29, 1.82) is 0 Å². The molecule has 0 fully saturated rings. The van der Waals surface area contributed by atoms with Gasteiger partial charge in [0.15, 0.2) is 0 Å². The monoisotopic (exact) mass is 261 g/mol. The summed E-state index contributed by atoms with van der Waals surface area (Å²) in [5.41, 5.74) is 7.79. The van der Waals surface area contributed by atoms with Crippen LogP contribution in [0.4, 0.5) is 0 Å². The highest BCUT2D eigenvalue weighted by molar-refractivity contribution is 6.32. The molecule has 2 aromatic rings. The van der Waals surface area contributed by atoms with Crippen LogP contribution in [0.15, 0.2) is 42.5 Å². The van der Waals surface area contributed by atoms with Crippen LogP contribution in [0.2, 0.25) is 5.02 Å². The first-order valence-electron chi connectivity index (χ1n) is 5.92. The van der Waals surface area contributed by atoms with Crippen LogP contribution in [0.25, 0.3) is 0 Å². The van der Waals surface area contributed by atoms with E-state index in [1.807, 2.05) is 49.4 Å². The summed E-state index contributed by atoms with van der Waals surface area (Å²) < 4.78 is 5.76. The number of nitrogens with two attached hydrogens (primary N) is 1. The van der Waals surface area contributed by atoms with Gasteiger partial charge in [0, 0.05) is 0 Å². The van der Waals surface area contributed by atoms with Gasteiger partial charge < -0.3 is 10.5 Å². The molecule has 0 aliphatic carbocycles. The maximum absolute atomic E-state index is 6.19. The number of hydrogen-bond acceptors (Lipinski definition) is 2. The van der Waals surface area contributed by atoms with Crippen molar-refractivity contribution in [3.63, 3.8) is 0 Å². The van der Waals surface area contributed by atoms with E-state index in [1.165, 1.54) is 0 Å². The zero-order valence-corrected chi connectivity index (χ0v) is 11.1. The Morgan fingerprint density at radius 3 is 2.67 bits per heavy atom. The smallest absolute Gasteiger partial charge is 0.146 e. The highest BCUT2D eigenvalue weighted by Crippen LogP contribution is 2.30. The minimum atomic E-state index is 0.613. The molecule has 2 rings (SSSR count). The first-order chi connectivity index (χ1) is 8.69. The molecule has 0 saturated heterocycles. The largest absolute Gasteiger partial charge is 0.456 e. The van der Waals surface area contributed by atoms with Crippen molar-refractivity contribution in [3.05, 3.63) is 58.6 Å². The van der Waals surface area contributed by atoms with E-state index in [2.05, 4.69) is 0 Å². The van der Waals surface area contributed by atoms with Gasteiger partial charge in [-0.25, -0.2) is 0 Å². The second kappa shape index (κ2) is 5.89. The number of aryl methyl sites for hydroxylation is 1. The number of rotatable bonds is 4. The van der Waals surface area contributed by atoms with E-state index in [0.717, 1.165) is 23.3 Å². The van der Waals surface area contributed by atoms with E-state index in [1.54, 1.807) is 0 Å². The van der Waals surface area contributed by atoms with Crippen molar-refractivity contribution in [2.75, 3.05) is 6.54 Å². The average molecular weight is 262 g/mol. The number of hydrogen-bond donors (Lipinski definition) is 1. The third-order valence-electron chi connectivity index (χ3n) is 2.65. The van der Waals surface area contributed by atoms with E-state index in [9.17, 15) is 0 Å². The van der Waals surface area contributed by atoms with Gasteiger partial charge in [0.05, 0.1) is 5.02 Å². The van der Waals surface area contributed by atoms with Crippen LogP contribution in [-0.4, -0.2) is 6.54 Å². The zero-order valence-electron chi connectivity index (χ0n) is 10.3. The summed E-state index contributed by atoms with van der Waals surface area (Å²) in [5, 5.41) is 0.613. The predicted octanol–water partition coefficient (Wildman–Crippen LogP) is 3.94. The number of ether oxygens (including phenoxy) is 1. The number of benzene rings is 2. The lowest BCUT2D eigenvalue weighted by atomic mass is 10.1. The molecule has 0 saturated carbocycles. The highest BCUT2D eigenvalue weighted by atomic mass is 35.5. The van der Waals surface area contributed by atoms with Gasteiger partial charge in [-0.15, -0.1) is 0 Å². The van der Waals surface area contributed by atoms with Crippen LogP contribution in [0.3, 0.4) is 0 Å². The van der Waals surface area contributed by atoms with E-state index in [0.29, 0.717) is 17.3 Å². The minimum Gasteiger partial charge on any atom is -0.456 e. The minimum absolute atomic E-state index is 0.613. The Morgan fingerprint density at radius 1 is 1.17 bits per heavy atom. The second-order valence-electron chi connectivity index (χ2n) is 4.22. The third-order valence-corrected chi connectivity index (χ3v) is 2.94. The Labute approximate surface area is 112 Å². The topological polar surface area (TPSA) is 35.2 Å². The molecule has 0 bridgehead atoms. The summed E-state index contributed by atoms with van der Waals surface area (Å²) >= 11 is 6.19. The lowest BCUT2D eigenvalue weighted by molar-refractivity contribution is 0.482. The molecular weight excluding hydrogens is 246 g/mol. The molecular formula is C15H16ClNO. The first kappa shape index (κ1) is 12.9. The molecule has 0 amide bonds. The molecule has 0 spiro atoms. The Hall–Kier alpha value is -1.51. The summed E-state index contributed by atoms with van der Waals surface area (Å²) in [5.74, 6) is 1.46. The second-order valence-corrected chi connectivity index (χ2v) is 4.63. The first-order valence-corrected chi connectivity index (χ1v) is 6.30. The highest BCUT2D eigenvalue weighted by Gasteiger charge is 2.04. The number of halogens is 1. The van der Waals surface area contributed by atoms with Gasteiger partial charge >= 0.3 is 0 Å². The van der Waals surface area contributed by atoms with Gasteiger partial charge in [-0.3, -0.25) is 0 Å². The molecule has 0 aliphatic heterocycles. The molecule has 94 valence electrons. The van der Waals surface area contributed by atoms with Crippen molar-refractivity contribution in [2.24, 2.45) is 5.73 Å². The lowest BCUT2D eigenvalue weighted by Gasteiger charge is -2.09. The van der Waals surface area contributed by atoms with Gasteiger partial charge in [0.1, 0.15) is 11.5 Å². The van der Waals surface area contributed by atoms with Crippen molar-refractivity contribution in [3.8, 4) is 11.5 Å². The van der Waals surface area contributed by atoms with Crippen LogP contribution in [0, 0.1) is 6.92 Å². The Bertz CT molecular complexity index is 540. The molecule has 2 aromatic carbocycles. The van der Waals surface area contributed by atoms with E-state index >= 15 is 0 Å². The fourth-order valence-corrected chi connectivity index (χ4v) is 2.00. The summed E-state index contributed by atoms with van der Waals surface area (Å²) in [7, 11) is 0. The van der Waals surface area contributed by atoms with Crippen LogP contribution < -0.4 is 10.5 Å². The van der Waals surface area contributed by atoms with Crippen molar-refractivity contribution in [1.82, 2.24) is 0 Å². The van der Waals surface area contributed by atoms with Crippen LogP contribution in [0.1, 0.15) is 11.1 Å². The Morgan fingerprint density at radius 2 is 2.00 bits per heavy atom. The quantitative estimate of drug-likeness (QED) is 0.905. The van der Waals surface area contributed by atoms with E-state index < -0.39 is 0 Å². The summed E-state index contributed by atoms with van der Waals surface area (Å²) in [6.45, 7) is 2.65.